The number of nitrogens with zero attached hydrogens (tertiary/aromatic N) is 6. The molecule has 7 heteroatoms. The van der Waals surface area contributed by atoms with Gasteiger partial charge in [0.2, 0.25) is 0 Å². The van der Waals surface area contributed by atoms with Crippen molar-refractivity contribution in [1.82, 2.24) is 24.7 Å². The van der Waals surface area contributed by atoms with E-state index in [0.29, 0.717) is 0 Å². The molecule has 0 amide bonds. The molecule has 1 unspecified atom stereocenters. The van der Waals surface area contributed by atoms with Crippen LogP contribution in [0.3, 0.4) is 0 Å². The molecule has 1 aromatic carbocycles. The Labute approximate surface area is 143 Å². The van der Waals surface area contributed by atoms with Crippen molar-refractivity contribution in [3.63, 3.8) is 0 Å². The lowest BCUT2D eigenvalue weighted by molar-refractivity contribution is 0.730. The zero-order valence-electron chi connectivity index (χ0n) is 13.4. The molecule has 0 aliphatic heterocycles. The van der Waals surface area contributed by atoms with E-state index in [1.54, 1.807) is 28.7 Å². The smallest absolute Gasteiger partial charge is 0.150 e. The molecule has 0 N–H and O–H groups in total. The second-order valence-electron chi connectivity index (χ2n) is 5.55. The molecule has 0 saturated carbocycles. The molecular formula is C17H16N6S. The predicted molar refractivity (Wildman–Crippen MR) is 95.6 cm³/mol. The fraction of sp³-hybridized carbons (Fsp3) is 0.176. The SMILES string of the molecule is CC(c1ccc(-n2cncn2)cc1)N(C)c1ncnc2ccsc12. The molecule has 0 radical (unpaired) electrons. The van der Waals surface area contributed by atoms with Crippen molar-refractivity contribution in [2.24, 2.45) is 0 Å². The standard InChI is InChI=1S/C17H16N6S/c1-12(13-3-5-14(6-4-13)23-11-18-9-21-23)22(2)17-16-15(7-8-24-16)19-10-20-17/h3-12H,1-2H3. The van der Waals surface area contributed by atoms with E-state index in [-0.39, 0.29) is 6.04 Å². The molecule has 0 saturated heterocycles. The molecule has 4 rings (SSSR count). The van der Waals surface area contributed by atoms with Crippen LogP contribution in [0.5, 0.6) is 0 Å². The average Bonchev–Trinajstić information content (AvgIpc) is 3.31. The lowest BCUT2D eigenvalue weighted by Gasteiger charge is -2.26. The molecule has 1 atom stereocenters. The first-order valence-electron chi connectivity index (χ1n) is 7.60. The van der Waals surface area contributed by atoms with E-state index >= 15 is 0 Å². The van der Waals surface area contributed by atoms with Crippen molar-refractivity contribution in [3.05, 3.63) is 60.3 Å². The number of aromatic nitrogens is 5. The third kappa shape index (κ3) is 2.52. The van der Waals surface area contributed by atoms with Crippen molar-refractivity contribution >= 4 is 27.4 Å². The summed E-state index contributed by atoms with van der Waals surface area (Å²) < 4.78 is 2.86. The van der Waals surface area contributed by atoms with Crippen molar-refractivity contribution in [2.75, 3.05) is 11.9 Å². The van der Waals surface area contributed by atoms with Gasteiger partial charge in [0.1, 0.15) is 24.8 Å². The van der Waals surface area contributed by atoms with E-state index in [4.69, 9.17) is 0 Å². The fourth-order valence-electron chi connectivity index (χ4n) is 2.68. The van der Waals surface area contributed by atoms with Gasteiger partial charge in [0.15, 0.2) is 0 Å². The third-order valence-electron chi connectivity index (χ3n) is 4.20. The molecule has 120 valence electrons. The Hall–Kier alpha value is -2.80. The third-order valence-corrected chi connectivity index (χ3v) is 5.10. The minimum Gasteiger partial charge on any atom is -0.352 e. The second kappa shape index (κ2) is 6.01. The summed E-state index contributed by atoms with van der Waals surface area (Å²) in [4.78, 5) is 15.0. The summed E-state index contributed by atoms with van der Waals surface area (Å²) in [5.74, 6) is 0.961. The number of anilines is 1. The van der Waals surface area contributed by atoms with Gasteiger partial charge in [-0.1, -0.05) is 12.1 Å². The van der Waals surface area contributed by atoms with Crippen LogP contribution in [0.25, 0.3) is 15.9 Å². The molecule has 0 bridgehead atoms. The van der Waals surface area contributed by atoms with Gasteiger partial charge in [-0.05, 0) is 36.1 Å². The number of benzene rings is 1. The Bertz CT molecular complexity index is 945. The molecule has 6 nitrogen and oxygen atoms in total. The summed E-state index contributed by atoms with van der Waals surface area (Å²) >= 11 is 1.67. The minimum atomic E-state index is 0.190. The normalized spacial score (nSPS) is 12.4. The van der Waals surface area contributed by atoms with Crippen LogP contribution < -0.4 is 4.90 Å². The lowest BCUT2D eigenvalue weighted by atomic mass is 10.1. The fourth-order valence-corrected chi connectivity index (χ4v) is 3.56. The van der Waals surface area contributed by atoms with Crippen LogP contribution in [0.4, 0.5) is 5.82 Å². The van der Waals surface area contributed by atoms with Gasteiger partial charge < -0.3 is 4.90 Å². The highest BCUT2D eigenvalue weighted by Crippen LogP contribution is 2.32. The first-order valence-corrected chi connectivity index (χ1v) is 8.48. The summed E-state index contributed by atoms with van der Waals surface area (Å²) in [6, 6.07) is 10.5. The molecule has 24 heavy (non-hydrogen) atoms. The maximum absolute atomic E-state index is 4.49. The second-order valence-corrected chi connectivity index (χ2v) is 6.47. The van der Waals surface area contributed by atoms with E-state index in [2.05, 4.69) is 63.2 Å². The Morgan fingerprint density at radius 3 is 2.67 bits per heavy atom. The largest absolute Gasteiger partial charge is 0.352 e. The van der Waals surface area contributed by atoms with Gasteiger partial charge in [0.25, 0.3) is 0 Å². The van der Waals surface area contributed by atoms with Gasteiger partial charge >= 0.3 is 0 Å². The van der Waals surface area contributed by atoms with Crippen LogP contribution in [0, 0.1) is 0 Å². The predicted octanol–water partition coefficient (Wildman–Crippen LogP) is 3.47. The molecule has 0 aliphatic carbocycles. The van der Waals surface area contributed by atoms with E-state index < -0.39 is 0 Å². The summed E-state index contributed by atoms with van der Waals surface area (Å²) in [6.45, 7) is 2.17. The monoisotopic (exact) mass is 336 g/mol. The van der Waals surface area contributed by atoms with Crippen molar-refractivity contribution < 1.29 is 0 Å². The number of hydrogen-bond donors (Lipinski definition) is 0. The molecule has 0 aliphatic rings. The summed E-state index contributed by atoms with van der Waals surface area (Å²) in [6.07, 6.45) is 4.85. The zero-order chi connectivity index (χ0) is 16.5. The quantitative estimate of drug-likeness (QED) is 0.571. The zero-order valence-corrected chi connectivity index (χ0v) is 14.2. The highest BCUT2D eigenvalue weighted by atomic mass is 32.1. The van der Waals surface area contributed by atoms with E-state index in [0.717, 1.165) is 21.7 Å². The van der Waals surface area contributed by atoms with Crippen LogP contribution in [0.1, 0.15) is 18.5 Å². The number of thiophene rings is 1. The topological polar surface area (TPSA) is 59.7 Å². The Kier molecular flexibility index (Phi) is 3.70. The van der Waals surface area contributed by atoms with Gasteiger partial charge in [0.05, 0.1) is 21.9 Å². The molecule has 4 aromatic rings. The summed E-state index contributed by atoms with van der Waals surface area (Å²) in [5.41, 5.74) is 3.20. The van der Waals surface area contributed by atoms with E-state index in [9.17, 15) is 0 Å². The first kappa shape index (κ1) is 14.8. The first-order chi connectivity index (χ1) is 11.7. The Balaban J connectivity index is 1.63. The van der Waals surface area contributed by atoms with Crippen molar-refractivity contribution in [1.29, 1.82) is 0 Å². The Morgan fingerprint density at radius 2 is 1.92 bits per heavy atom. The lowest BCUT2D eigenvalue weighted by Crippen LogP contribution is -2.22. The molecular weight excluding hydrogens is 320 g/mol. The molecule has 3 heterocycles. The minimum absolute atomic E-state index is 0.190. The van der Waals surface area contributed by atoms with Crippen LogP contribution in [-0.4, -0.2) is 31.8 Å². The highest BCUT2D eigenvalue weighted by molar-refractivity contribution is 7.17. The summed E-state index contributed by atoms with van der Waals surface area (Å²) in [5, 5.41) is 6.20. The average molecular weight is 336 g/mol. The van der Waals surface area contributed by atoms with Crippen molar-refractivity contribution in [2.45, 2.75) is 13.0 Å². The van der Waals surface area contributed by atoms with Crippen LogP contribution in [0.2, 0.25) is 0 Å². The molecule has 0 fully saturated rings. The number of hydrogen-bond acceptors (Lipinski definition) is 6. The number of fused-ring (bicyclic) bond motifs is 1. The van der Waals surface area contributed by atoms with Gasteiger partial charge in [0, 0.05) is 7.05 Å². The van der Waals surface area contributed by atoms with E-state index in [1.165, 1.54) is 11.9 Å². The van der Waals surface area contributed by atoms with Gasteiger partial charge in [-0.2, -0.15) is 5.10 Å². The van der Waals surface area contributed by atoms with Gasteiger partial charge in [-0.25, -0.2) is 19.6 Å². The number of rotatable bonds is 4. The molecule has 3 aromatic heterocycles. The van der Waals surface area contributed by atoms with Crippen LogP contribution in [0.15, 0.2) is 54.7 Å². The molecule has 0 spiro atoms. The van der Waals surface area contributed by atoms with Crippen molar-refractivity contribution in [3.8, 4) is 5.69 Å². The van der Waals surface area contributed by atoms with E-state index in [1.807, 2.05) is 11.4 Å². The van der Waals surface area contributed by atoms with Crippen LogP contribution in [-0.2, 0) is 0 Å². The highest BCUT2D eigenvalue weighted by Gasteiger charge is 2.17. The maximum Gasteiger partial charge on any atom is 0.150 e. The van der Waals surface area contributed by atoms with Gasteiger partial charge in [-0.3, -0.25) is 0 Å². The van der Waals surface area contributed by atoms with Gasteiger partial charge in [-0.15, -0.1) is 11.3 Å². The van der Waals surface area contributed by atoms with Crippen LogP contribution >= 0.6 is 11.3 Å². The maximum atomic E-state index is 4.49. The Morgan fingerprint density at radius 1 is 1.08 bits per heavy atom. The summed E-state index contributed by atoms with van der Waals surface area (Å²) in [7, 11) is 2.07.